The third kappa shape index (κ3) is 2.87. The van der Waals surface area contributed by atoms with Crippen LogP contribution in [0.1, 0.15) is 56.0 Å². The molecule has 20 heavy (non-hydrogen) atoms. The molecule has 4 nitrogen and oxygen atoms in total. The number of hydrogen-bond acceptors (Lipinski definition) is 4. The SMILES string of the molecule is CCCC(=O)Nc1sc2c(c1C#N)CC(C)(CC)OC2. The third-order valence-corrected chi connectivity index (χ3v) is 4.90. The van der Waals surface area contributed by atoms with E-state index in [-0.39, 0.29) is 11.5 Å². The van der Waals surface area contributed by atoms with Crippen LogP contribution in [0.2, 0.25) is 0 Å². The Balaban J connectivity index is 2.30. The Morgan fingerprint density at radius 3 is 2.90 bits per heavy atom. The maximum Gasteiger partial charge on any atom is 0.224 e. The molecular weight excluding hydrogens is 272 g/mol. The van der Waals surface area contributed by atoms with Crippen LogP contribution in [-0.2, 0) is 22.6 Å². The van der Waals surface area contributed by atoms with Crippen molar-refractivity contribution in [3.63, 3.8) is 0 Å². The number of nitrogens with one attached hydrogen (secondary N) is 1. The molecule has 0 aliphatic carbocycles. The average Bonchev–Trinajstić information content (AvgIpc) is 2.75. The van der Waals surface area contributed by atoms with E-state index >= 15 is 0 Å². The molecule has 0 saturated heterocycles. The maximum atomic E-state index is 11.7. The van der Waals surface area contributed by atoms with Gasteiger partial charge in [0.2, 0.25) is 5.91 Å². The number of anilines is 1. The zero-order valence-electron chi connectivity index (χ0n) is 12.2. The molecule has 2 heterocycles. The van der Waals surface area contributed by atoms with Gasteiger partial charge in [0.05, 0.1) is 17.8 Å². The molecule has 0 saturated carbocycles. The number of carbonyl (C=O) groups is 1. The van der Waals surface area contributed by atoms with Crippen LogP contribution < -0.4 is 5.32 Å². The molecule has 0 aromatic carbocycles. The smallest absolute Gasteiger partial charge is 0.224 e. The number of amides is 1. The zero-order chi connectivity index (χ0) is 14.8. The molecule has 0 spiro atoms. The Morgan fingerprint density at radius 2 is 2.30 bits per heavy atom. The van der Waals surface area contributed by atoms with Gasteiger partial charge >= 0.3 is 0 Å². The van der Waals surface area contributed by atoms with Gasteiger partial charge in [-0.05, 0) is 25.3 Å². The minimum Gasteiger partial charge on any atom is -0.369 e. The lowest BCUT2D eigenvalue weighted by Gasteiger charge is -2.32. The summed E-state index contributed by atoms with van der Waals surface area (Å²) in [6.45, 7) is 6.66. The fourth-order valence-corrected chi connectivity index (χ4v) is 3.43. The normalized spacial score (nSPS) is 21.1. The van der Waals surface area contributed by atoms with Crippen LogP contribution in [-0.4, -0.2) is 11.5 Å². The monoisotopic (exact) mass is 292 g/mol. The summed E-state index contributed by atoms with van der Waals surface area (Å²) in [5.74, 6) is -0.0261. The van der Waals surface area contributed by atoms with Crippen molar-refractivity contribution < 1.29 is 9.53 Å². The Bertz CT molecular complexity index is 559. The van der Waals surface area contributed by atoms with Gasteiger partial charge in [0.25, 0.3) is 0 Å². The van der Waals surface area contributed by atoms with Gasteiger partial charge in [0, 0.05) is 17.7 Å². The van der Waals surface area contributed by atoms with Gasteiger partial charge in [0.15, 0.2) is 0 Å². The lowest BCUT2D eigenvalue weighted by molar-refractivity contribution is -0.116. The van der Waals surface area contributed by atoms with E-state index in [2.05, 4.69) is 25.2 Å². The number of carbonyl (C=O) groups excluding carboxylic acids is 1. The molecule has 1 aromatic rings. The van der Waals surface area contributed by atoms with Crippen molar-refractivity contribution in [1.82, 2.24) is 0 Å². The van der Waals surface area contributed by atoms with Crippen molar-refractivity contribution in [2.75, 3.05) is 5.32 Å². The first-order valence-corrected chi connectivity index (χ1v) is 7.83. The van der Waals surface area contributed by atoms with Crippen molar-refractivity contribution in [2.24, 2.45) is 0 Å². The van der Waals surface area contributed by atoms with Gasteiger partial charge in [-0.3, -0.25) is 4.79 Å². The number of nitrogens with zero attached hydrogens (tertiary/aromatic N) is 1. The van der Waals surface area contributed by atoms with Gasteiger partial charge in [-0.2, -0.15) is 5.26 Å². The second-order valence-electron chi connectivity index (χ2n) is 5.39. The van der Waals surface area contributed by atoms with Crippen LogP contribution in [0.4, 0.5) is 5.00 Å². The van der Waals surface area contributed by atoms with Crippen LogP contribution in [0.15, 0.2) is 0 Å². The Labute approximate surface area is 123 Å². The maximum absolute atomic E-state index is 11.7. The quantitative estimate of drug-likeness (QED) is 0.922. The predicted molar refractivity (Wildman–Crippen MR) is 79.8 cm³/mol. The van der Waals surface area contributed by atoms with E-state index in [4.69, 9.17) is 4.74 Å². The highest BCUT2D eigenvalue weighted by atomic mass is 32.1. The Morgan fingerprint density at radius 1 is 1.55 bits per heavy atom. The molecule has 1 aliphatic heterocycles. The largest absolute Gasteiger partial charge is 0.369 e. The first-order chi connectivity index (χ1) is 9.53. The van der Waals surface area contributed by atoms with E-state index in [9.17, 15) is 10.1 Å². The number of nitriles is 1. The fraction of sp³-hybridized carbons (Fsp3) is 0.600. The average molecular weight is 292 g/mol. The molecule has 1 aliphatic rings. The van der Waals surface area contributed by atoms with Crippen molar-refractivity contribution >= 4 is 22.2 Å². The molecule has 1 unspecified atom stereocenters. The van der Waals surface area contributed by atoms with E-state index in [0.29, 0.717) is 23.6 Å². The Hall–Kier alpha value is -1.38. The highest BCUT2D eigenvalue weighted by Gasteiger charge is 2.33. The van der Waals surface area contributed by atoms with Crippen molar-refractivity contribution in [2.45, 2.75) is 58.7 Å². The molecule has 1 aromatic heterocycles. The molecule has 108 valence electrons. The molecule has 1 amide bonds. The number of rotatable bonds is 4. The molecule has 0 fully saturated rings. The topological polar surface area (TPSA) is 62.1 Å². The van der Waals surface area contributed by atoms with Crippen molar-refractivity contribution in [3.05, 3.63) is 16.0 Å². The summed E-state index contributed by atoms with van der Waals surface area (Å²) in [7, 11) is 0. The summed E-state index contributed by atoms with van der Waals surface area (Å²) in [5, 5.41) is 13.0. The fourth-order valence-electron chi connectivity index (χ4n) is 2.33. The summed E-state index contributed by atoms with van der Waals surface area (Å²) in [4.78, 5) is 12.8. The summed E-state index contributed by atoms with van der Waals surface area (Å²) in [6.07, 6.45) is 2.93. The molecular formula is C15H20N2O2S. The number of thiophene rings is 1. The number of ether oxygens (including phenoxy) is 1. The summed E-state index contributed by atoms with van der Waals surface area (Å²) in [6, 6.07) is 2.25. The summed E-state index contributed by atoms with van der Waals surface area (Å²) < 4.78 is 5.89. The standard InChI is InChI=1S/C15H20N2O2S/c1-4-6-13(18)17-14-11(8-16)10-7-15(3,5-2)19-9-12(10)20-14/h4-7,9H2,1-3H3,(H,17,18). The second kappa shape index (κ2) is 5.94. The van der Waals surface area contributed by atoms with Crippen LogP contribution in [0.3, 0.4) is 0 Å². The van der Waals surface area contributed by atoms with Gasteiger partial charge in [-0.25, -0.2) is 0 Å². The van der Waals surface area contributed by atoms with Crippen LogP contribution in [0, 0.1) is 11.3 Å². The second-order valence-corrected chi connectivity index (χ2v) is 6.49. The van der Waals surface area contributed by atoms with Gasteiger partial charge in [0.1, 0.15) is 11.1 Å². The number of fused-ring (bicyclic) bond motifs is 1. The summed E-state index contributed by atoms with van der Waals surface area (Å²) in [5.41, 5.74) is 1.47. The zero-order valence-corrected chi connectivity index (χ0v) is 13.0. The Kier molecular flexibility index (Phi) is 4.46. The molecule has 0 bridgehead atoms. The molecule has 5 heteroatoms. The molecule has 1 atom stereocenters. The van der Waals surface area contributed by atoms with Gasteiger partial charge in [-0.15, -0.1) is 11.3 Å². The lowest BCUT2D eigenvalue weighted by Crippen LogP contribution is -2.34. The van der Waals surface area contributed by atoms with Gasteiger partial charge < -0.3 is 10.1 Å². The minimum absolute atomic E-state index is 0.0261. The van der Waals surface area contributed by atoms with Crippen molar-refractivity contribution in [3.8, 4) is 6.07 Å². The highest BCUT2D eigenvalue weighted by Crippen LogP contribution is 2.41. The van der Waals surface area contributed by atoms with Crippen LogP contribution in [0.5, 0.6) is 0 Å². The summed E-state index contributed by atoms with van der Waals surface area (Å²) >= 11 is 1.47. The lowest BCUT2D eigenvalue weighted by atomic mass is 9.90. The van der Waals surface area contributed by atoms with Crippen LogP contribution in [0.25, 0.3) is 0 Å². The minimum atomic E-state index is -0.204. The van der Waals surface area contributed by atoms with E-state index in [0.717, 1.165) is 29.7 Å². The first-order valence-electron chi connectivity index (χ1n) is 7.01. The first kappa shape index (κ1) is 15.0. The number of hydrogen-bond donors (Lipinski definition) is 1. The molecule has 2 rings (SSSR count). The molecule has 1 N–H and O–H groups in total. The highest BCUT2D eigenvalue weighted by molar-refractivity contribution is 7.16. The van der Waals surface area contributed by atoms with E-state index in [1.54, 1.807) is 0 Å². The van der Waals surface area contributed by atoms with E-state index in [1.807, 2.05) is 6.92 Å². The predicted octanol–water partition coefficient (Wildman–Crippen LogP) is 3.60. The van der Waals surface area contributed by atoms with Crippen molar-refractivity contribution in [1.29, 1.82) is 5.26 Å². The van der Waals surface area contributed by atoms with Gasteiger partial charge in [-0.1, -0.05) is 13.8 Å². The third-order valence-electron chi connectivity index (χ3n) is 3.78. The van der Waals surface area contributed by atoms with E-state index < -0.39 is 0 Å². The van der Waals surface area contributed by atoms with Crippen LogP contribution >= 0.6 is 11.3 Å². The van der Waals surface area contributed by atoms with E-state index in [1.165, 1.54) is 11.3 Å². The molecule has 0 radical (unpaired) electrons.